The van der Waals surface area contributed by atoms with Gasteiger partial charge in [-0.1, -0.05) is 173 Å². The van der Waals surface area contributed by atoms with Crippen LogP contribution in [0.1, 0.15) is 252 Å². The van der Waals surface area contributed by atoms with Gasteiger partial charge in [0.25, 0.3) is 0 Å². The Balaban J connectivity index is 4.40. The molecule has 6 nitrogen and oxygen atoms in total. The number of unbranched alkanes of at least 4 members (excludes halogenated alkanes) is 27. The molecule has 0 amide bonds. The van der Waals surface area contributed by atoms with E-state index in [1.165, 1.54) is 128 Å². The zero-order chi connectivity index (χ0) is 41.5. The maximum atomic E-state index is 12.7. The van der Waals surface area contributed by atoms with Crippen LogP contribution in [0.2, 0.25) is 0 Å². The fraction of sp³-hybridized carbons (Fsp3) is 0.824. The molecular formula is C51H92O6. The molecular weight excluding hydrogens is 709 g/mol. The van der Waals surface area contributed by atoms with Crippen molar-refractivity contribution in [3.8, 4) is 0 Å². The Kier molecular flexibility index (Phi) is 44.4. The molecule has 0 aromatic rings. The summed E-state index contributed by atoms with van der Waals surface area (Å²) >= 11 is 0. The molecule has 0 saturated heterocycles. The fourth-order valence-electron chi connectivity index (χ4n) is 6.84. The summed E-state index contributed by atoms with van der Waals surface area (Å²) in [5.74, 6) is -0.903. The highest BCUT2D eigenvalue weighted by atomic mass is 16.6. The van der Waals surface area contributed by atoms with E-state index in [9.17, 15) is 14.4 Å². The first kappa shape index (κ1) is 54.6. The fourth-order valence-corrected chi connectivity index (χ4v) is 6.84. The van der Waals surface area contributed by atoms with Crippen molar-refractivity contribution in [2.24, 2.45) is 0 Å². The van der Waals surface area contributed by atoms with Gasteiger partial charge in [-0.3, -0.25) is 14.4 Å². The number of hydrogen-bond acceptors (Lipinski definition) is 6. The van der Waals surface area contributed by atoms with Crippen molar-refractivity contribution in [3.05, 3.63) is 36.5 Å². The highest BCUT2D eigenvalue weighted by Gasteiger charge is 2.19. The molecule has 1 unspecified atom stereocenters. The van der Waals surface area contributed by atoms with Crippen LogP contribution in [0.15, 0.2) is 36.5 Å². The molecule has 0 rings (SSSR count). The Labute approximate surface area is 353 Å². The van der Waals surface area contributed by atoms with Crippen LogP contribution >= 0.6 is 0 Å². The van der Waals surface area contributed by atoms with Gasteiger partial charge in [0, 0.05) is 19.3 Å². The van der Waals surface area contributed by atoms with Crippen LogP contribution in [0, 0.1) is 0 Å². The van der Waals surface area contributed by atoms with Crippen LogP contribution in [0.5, 0.6) is 0 Å². The van der Waals surface area contributed by atoms with Gasteiger partial charge in [-0.25, -0.2) is 0 Å². The minimum atomic E-state index is -0.779. The second-order valence-corrected chi connectivity index (χ2v) is 16.4. The van der Waals surface area contributed by atoms with E-state index >= 15 is 0 Å². The van der Waals surface area contributed by atoms with Gasteiger partial charge >= 0.3 is 17.9 Å². The first-order valence-corrected chi connectivity index (χ1v) is 24.5. The third-order valence-electron chi connectivity index (χ3n) is 10.6. The number of hydrogen-bond donors (Lipinski definition) is 0. The molecule has 57 heavy (non-hydrogen) atoms. The predicted octanol–water partition coefficient (Wildman–Crippen LogP) is 15.8. The maximum absolute atomic E-state index is 12.7. The number of ether oxygens (including phenoxy) is 3. The summed E-state index contributed by atoms with van der Waals surface area (Å²) in [5, 5.41) is 0. The third kappa shape index (κ3) is 44.6. The summed E-state index contributed by atoms with van der Waals surface area (Å²) in [6, 6.07) is 0. The molecule has 0 saturated carbocycles. The quantitative estimate of drug-likeness (QED) is 0.0264. The van der Waals surface area contributed by atoms with Gasteiger partial charge in [-0.05, 0) is 96.3 Å². The molecule has 0 aromatic heterocycles. The number of carbonyl (C=O) groups is 3. The summed E-state index contributed by atoms with van der Waals surface area (Å²) in [7, 11) is 0. The van der Waals surface area contributed by atoms with Crippen molar-refractivity contribution in [3.63, 3.8) is 0 Å². The lowest BCUT2D eigenvalue weighted by atomic mass is 10.1. The monoisotopic (exact) mass is 801 g/mol. The maximum Gasteiger partial charge on any atom is 0.306 e. The molecule has 1 atom stereocenters. The molecule has 6 heteroatoms. The summed E-state index contributed by atoms with van der Waals surface area (Å²) in [6.45, 7) is 6.57. The second-order valence-electron chi connectivity index (χ2n) is 16.4. The SMILES string of the molecule is CCCCCC/C=C\CCCCCCCC(=O)OCC(COC(=O)CCCCCCC/C=C/CCCCCC)OC(=O)CCCCCCC/C=C\CCCCCC. The number of esters is 3. The standard InChI is InChI=1S/C51H92O6/c1-4-7-10-13-16-19-22-25-28-31-34-37-40-43-49(52)55-46-48(57-51(54)45-42-39-36-33-30-27-24-21-18-15-12-9-6-3)47-56-50(53)44-41-38-35-32-29-26-23-20-17-14-11-8-5-2/h19-24,48H,4-18,25-47H2,1-3H3/b22-19-,23-20+,24-21-. The van der Waals surface area contributed by atoms with Crippen LogP contribution in [-0.2, 0) is 28.6 Å². The van der Waals surface area contributed by atoms with E-state index in [4.69, 9.17) is 14.2 Å². The van der Waals surface area contributed by atoms with Crippen LogP contribution in [0.3, 0.4) is 0 Å². The lowest BCUT2D eigenvalue weighted by Gasteiger charge is -2.18. The molecule has 0 aromatic carbocycles. The van der Waals surface area contributed by atoms with Crippen molar-refractivity contribution in [2.75, 3.05) is 13.2 Å². The normalized spacial score (nSPS) is 12.3. The molecule has 0 fully saturated rings. The van der Waals surface area contributed by atoms with E-state index in [-0.39, 0.29) is 31.1 Å². The minimum absolute atomic E-state index is 0.0814. The summed E-state index contributed by atoms with van der Waals surface area (Å²) < 4.78 is 16.7. The van der Waals surface area contributed by atoms with E-state index in [2.05, 4.69) is 57.2 Å². The Morgan fingerprint density at radius 2 is 0.579 bits per heavy atom. The topological polar surface area (TPSA) is 78.9 Å². The van der Waals surface area contributed by atoms with Crippen molar-refractivity contribution in [1.29, 1.82) is 0 Å². The van der Waals surface area contributed by atoms with Crippen molar-refractivity contribution in [1.82, 2.24) is 0 Å². The molecule has 0 bridgehead atoms. The average Bonchev–Trinajstić information content (AvgIpc) is 3.21. The Bertz CT molecular complexity index is 917. The van der Waals surface area contributed by atoms with Gasteiger partial charge in [-0.2, -0.15) is 0 Å². The molecule has 0 aliphatic carbocycles. The largest absolute Gasteiger partial charge is 0.462 e. The molecule has 0 aliphatic heterocycles. The van der Waals surface area contributed by atoms with Gasteiger partial charge in [0.1, 0.15) is 13.2 Å². The first-order valence-electron chi connectivity index (χ1n) is 24.5. The van der Waals surface area contributed by atoms with Gasteiger partial charge in [0.05, 0.1) is 0 Å². The van der Waals surface area contributed by atoms with Crippen LogP contribution in [0.25, 0.3) is 0 Å². The van der Waals surface area contributed by atoms with Gasteiger partial charge in [-0.15, -0.1) is 0 Å². The highest BCUT2D eigenvalue weighted by Crippen LogP contribution is 2.14. The lowest BCUT2D eigenvalue weighted by molar-refractivity contribution is -0.167. The smallest absolute Gasteiger partial charge is 0.306 e. The third-order valence-corrected chi connectivity index (χ3v) is 10.6. The van der Waals surface area contributed by atoms with E-state index < -0.39 is 6.10 Å². The molecule has 0 heterocycles. The summed E-state index contributed by atoms with van der Waals surface area (Å²) in [5.41, 5.74) is 0. The van der Waals surface area contributed by atoms with Crippen molar-refractivity contribution < 1.29 is 28.6 Å². The van der Waals surface area contributed by atoms with Crippen LogP contribution in [0.4, 0.5) is 0 Å². The highest BCUT2D eigenvalue weighted by molar-refractivity contribution is 5.71. The van der Waals surface area contributed by atoms with E-state index in [1.54, 1.807) is 0 Å². The zero-order valence-corrected chi connectivity index (χ0v) is 37.9. The summed E-state index contributed by atoms with van der Waals surface area (Å²) in [4.78, 5) is 37.8. The molecule has 0 N–H and O–H groups in total. The second kappa shape index (κ2) is 46.3. The van der Waals surface area contributed by atoms with Crippen LogP contribution < -0.4 is 0 Å². The Morgan fingerprint density at radius 3 is 0.877 bits per heavy atom. The molecule has 0 radical (unpaired) electrons. The zero-order valence-electron chi connectivity index (χ0n) is 37.9. The van der Waals surface area contributed by atoms with E-state index in [1.807, 2.05) is 0 Å². The van der Waals surface area contributed by atoms with Crippen LogP contribution in [-0.4, -0.2) is 37.2 Å². The van der Waals surface area contributed by atoms with Gasteiger partial charge in [0.15, 0.2) is 6.10 Å². The number of allylic oxidation sites excluding steroid dienone is 6. The van der Waals surface area contributed by atoms with Crippen molar-refractivity contribution in [2.45, 2.75) is 258 Å². The molecule has 0 aliphatic rings. The predicted molar refractivity (Wildman–Crippen MR) is 242 cm³/mol. The van der Waals surface area contributed by atoms with Crippen molar-refractivity contribution >= 4 is 17.9 Å². The average molecular weight is 801 g/mol. The minimum Gasteiger partial charge on any atom is -0.462 e. The van der Waals surface area contributed by atoms with E-state index in [0.29, 0.717) is 19.3 Å². The molecule has 0 spiro atoms. The lowest BCUT2D eigenvalue weighted by Crippen LogP contribution is -2.30. The Hall–Kier alpha value is -2.37. The number of carbonyl (C=O) groups excluding carboxylic acids is 3. The van der Waals surface area contributed by atoms with E-state index in [0.717, 1.165) is 83.5 Å². The number of rotatable bonds is 44. The first-order chi connectivity index (χ1) is 28.0. The molecule has 332 valence electrons. The summed E-state index contributed by atoms with van der Waals surface area (Å²) in [6.07, 6.45) is 52.6. The van der Waals surface area contributed by atoms with Gasteiger partial charge in [0.2, 0.25) is 0 Å². The van der Waals surface area contributed by atoms with Gasteiger partial charge < -0.3 is 14.2 Å². The Morgan fingerprint density at radius 1 is 0.333 bits per heavy atom.